The van der Waals surface area contributed by atoms with Crippen LogP contribution in [0, 0.1) is 17.6 Å². The van der Waals surface area contributed by atoms with Crippen LogP contribution in [0.15, 0.2) is 42.5 Å². The van der Waals surface area contributed by atoms with E-state index < -0.39 is 29.5 Å². The first kappa shape index (κ1) is 21.0. The highest BCUT2D eigenvalue weighted by atomic mass is 19.1. The number of halogens is 2. The van der Waals surface area contributed by atoms with Crippen LogP contribution in [0.4, 0.5) is 20.2 Å². The van der Waals surface area contributed by atoms with E-state index in [1.165, 1.54) is 31.2 Å². The van der Waals surface area contributed by atoms with Crippen molar-refractivity contribution >= 4 is 29.1 Å². The highest BCUT2D eigenvalue weighted by molar-refractivity contribution is 6.01. The molecule has 0 aliphatic heterocycles. The third-order valence-electron chi connectivity index (χ3n) is 3.89. The van der Waals surface area contributed by atoms with Crippen molar-refractivity contribution in [1.29, 1.82) is 0 Å². The lowest BCUT2D eigenvalue weighted by Gasteiger charge is -2.22. The summed E-state index contributed by atoms with van der Waals surface area (Å²) >= 11 is 0. The van der Waals surface area contributed by atoms with Crippen molar-refractivity contribution in [2.24, 2.45) is 5.92 Å². The molecule has 3 amide bonds. The van der Waals surface area contributed by atoms with Gasteiger partial charge in [-0.1, -0.05) is 13.8 Å². The van der Waals surface area contributed by atoms with E-state index in [-0.39, 0.29) is 23.1 Å². The van der Waals surface area contributed by atoms with Gasteiger partial charge in [0.25, 0.3) is 5.91 Å². The zero-order valence-corrected chi connectivity index (χ0v) is 15.7. The molecule has 0 saturated carbocycles. The minimum atomic E-state index is -0.957. The van der Waals surface area contributed by atoms with Gasteiger partial charge in [-0.15, -0.1) is 0 Å². The van der Waals surface area contributed by atoms with Gasteiger partial charge in [0.15, 0.2) is 0 Å². The molecule has 28 heavy (non-hydrogen) atoms. The molecule has 0 fully saturated rings. The van der Waals surface area contributed by atoms with E-state index in [9.17, 15) is 23.2 Å². The lowest BCUT2D eigenvalue weighted by atomic mass is 10.0. The van der Waals surface area contributed by atoms with Gasteiger partial charge in [0.05, 0.1) is 5.69 Å². The number of nitrogens with one attached hydrogen (secondary N) is 3. The first-order valence-corrected chi connectivity index (χ1v) is 8.62. The third kappa shape index (κ3) is 5.60. The lowest BCUT2D eigenvalue weighted by Crippen LogP contribution is -2.47. The number of benzene rings is 2. The summed E-state index contributed by atoms with van der Waals surface area (Å²) in [7, 11) is 0. The number of amides is 3. The predicted octanol–water partition coefficient (Wildman–Crippen LogP) is 3.32. The van der Waals surface area contributed by atoms with Crippen LogP contribution in [0.3, 0.4) is 0 Å². The summed E-state index contributed by atoms with van der Waals surface area (Å²) in [5.41, 5.74) is 0.386. The zero-order valence-electron chi connectivity index (χ0n) is 15.7. The molecule has 0 radical (unpaired) electrons. The summed E-state index contributed by atoms with van der Waals surface area (Å²) in [5, 5.41) is 7.50. The van der Waals surface area contributed by atoms with E-state index >= 15 is 0 Å². The summed E-state index contributed by atoms with van der Waals surface area (Å²) in [6, 6.07) is 7.69. The molecule has 0 spiro atoms. The number of anilines is 2. The molecule has 2 aromatic carbocycles. The van der Waals surface area contributed by atoms with Gasteiger partial charge in [0, 0.05) is 18.2 Å². The van der Waals surface area contributed by atoms with Crippen LogP contribution in [0.25, 0.3) is 0 Å². The molecule has 1 unspecified atom stereocenters. The SMILES string of the molecule is CC(=O)Nc1ccc(F)c(NC(=O)C(NC(=O)c2ccc(F)cc2)C(C)C)c1. The van der Waals surface area contributed by atoms with E-state index in [4.69, 9.17) is 0 Å². The quantitative estimate of drug-likeness (QED) is 0.708. The second-order valence-electron chi connectivity index (χ2n) is 6.57. The van der Waals surface area contributed by atoms with Crippen LogP contribution < -0.4 is 16.0 Å². The average molecular weight is 389 g/mol. The van der Waals surface area contributed by atoms with Gasteiger partial charge in [-0.2, -0.15) is 0 Å². The van der Waals surface area contributed by atoms with Crippen LogP contribution >= 0.6 is 0 Å². The van der Waals surface area contributed by atoms with Gasteiger partial charge in [-0.05, 0) is 48.4 Å². The Hall–Kier alpha value is -3.29. The predicted molar refractivity (Wildman–Crippen MR) is 102 cm³/mol. The second-order valence-corrected chi connectivity index (χ2v) is 6.57. The fourth-order valence-electron chi connectivity index (χ4n) is 2.47. The first-order valence-electron chi connectivity index (χ1n) is 8.62. The molecular weight excluding hydrogens is 368 g/mol. The maximum Gasteiger partial charge on any atom is 0.251 e. The Bertz CT molecular complexity index is 883. The summed E-state index contributed by atoms with van der Waals surface area (Å²) in [6.07, 6.45) is 0. The van der Waals surface area contributed by atoms with Crippen molar-refractivity contribution in [2.75, 3.05) is 10.6 Å². The number of carbonyl (C=O) groups excluding carboxylic acids is 3. The van der Waals surface area contributed by atoms with Gasteiger partial charge in [0.2, 0.25) is 11.8 Å². The van der Waals surface area contributed by atoms with E-state index in [1.54, 1.807) is 13.8 Å². The van der Waals surface area contributed by atoms with Crippen LogP contribution in [0.5, 0.6) is 0 Å². The Kier molecular flexibility index (Phi) is 6.81. The molecule has 0 aromatic heterocycles. The minimum Gasteiger partial charge on any atom is -0.340 e. The topological polar surface area (TPSA) is 87.3 Å². The summed E-state index contributed by atoms with van der Waals surface area (Å²) in [4.78, 5) is 36.1. The van der Waals surface area contributed by atoms with Gasteiger partial charge < -0.3 is 16.0 Å². The molecule has 0 saturated heterocycles. The molecule has 0 bridgehead atoms. The van der Waals surface area contributed by atoms with Crippen molar-refractivity contribution in [2.45, 2.75) is 26.8 Å². The Labute approximate surface area is 161 Å². The van der Waals surface area contributed by atoms with E-state index in [1.807, 2.05) is 0 Å². The summed E-state index contributed by atoms with van der Waals surface area (Å²) < 4.78 is 27.1. The van der Waals surface area contributed by atoms with Gasteiger partial charge >= 0.3 is 0 Å². The molecule has 2 aromatic rings. The zero-order chi connectivity index (χ0) is 20.8. The molecule has 8 heteroatoms. The van der Waals surface area contributed by atoms with Crippen molar-refractivity contribution in [3.8, 4) is 0 Å². The lowest BCUT2D eigenvalue weighted by molar-refractivity contribution is -0.119. The van der Waals surface area contributed by atoms with E-state index in [0.29, 0.717) is 5.69 Å². The van der Waals surface area contributed by atoms with Gasteiger partial charge in [-0.3, -0.25) is 14.4 Å². The van der Waals surface area contributed by atoms with E-state index in [0.717, 1.165) is 18.2 Å². The average Bonchev–Trinajstić information content (AvgIpc) is 2.62. The molecule has 0 heterocycles. The Balaban J connectivity index is 2.15. The first-order chi connectivity index (χ1) is 13.2. The number of hydrogen-bond acceptors (Lipinski definition) is 3. The minimum absolute atomic E-state index is 0.127. The summed E-state index contributed by atoms with van der Waals surface area (Å²) in [5.74, 6) is -2.98. The Morgan fingerprint density at radius 1 is 0.929 bits per heavy atom. The molecule has 6 nitrogen and oxygen atoms in total. The molecule has 0 aliphatic rings. The molecule has 2 rings (SSSR count). The second kappa shape index (κ2) is 9.07. The molecule has 3 N–H and O–H groups in total. The maximum absolute atomic E-state index is 14.0. The normalized spacial score (nSPS) is 11.6. The molecule has 0 aliphatic carbocycles. The number of carbonyl (C=O) groups is 3. The maximum atomic E-state index is 14.0. The van der Waals surface area contributed by atoms with Crippen LogP contribution in [0.1, 0.15) is 31.1 Å². The van der Waals surface area contributed by atoms with Crippen molar-refractivity contribution in [3.05, 3.63) is 59.7 Å². The standard InChI is InChI=1S/C20H21F2N3O3/c1-11(2)18(25-19(27)13-4-6-14(21)7-5-13)20(28)24-17-10-15(23-12(3)26)8-9-16(17)22/h4-11,18H,1-3H3,(H,23,26)(H,24,28)(H,25,27). The highest BCUT2D eigenvalue weighted by Crippen LogP contribution is 2.20. The van der Waals surface area contributed by atoms with Crippen LogP contribution in [0.2, 0.25) is 0 Å². The Morgan fingerprint density at radius 3 is 2.14 bits per heavy atom. The van der Waals surface area contributed by atoms with Crippen molar-refractivity contribution in [3.63, 3.8) is 0 Å². The third-order valence-corrected chi connectivity index (χ3v) is 3.89. The Morgan fingerprint density at radius 2 is 1.57 bits per heavy atom. The molecular formula is C20H21F2N3O3. The van der Waals surface area contributed by atoms with Crippen LogP contribution in [-0.2, 0) is 9.59 Å². The number of rotatable bonds is 6. The van der Waals surface area contributed by atoms with Gasteiger partial charge in [-0.25, -0.2) is 8.78 Å². The monoisotopic (exact) mass is 389 g/mol. The smallest absolute Gasteiger partial charge is 0.251 e. The highest BCUT2D eigenvalue weighted by Gasteiger charge is 2.25. The fourth-order valence-corrected chi connectivity index (χ4v) is 2.47. The van der Waals surface area contributed by atoms with Crippen molar-refractivity contribution in [1.82, 2.24) is 5.32 Å². The van der Waals surface area contributed by atoms with Gasteiger partial charge in [0.1, 0.15) is 17.7 Å². The van der Waals surface area contributed by atoms with Crippen molar-refractivity contribution < 1.29 is 23.2 Å². The van der Waals surface area contributed by atoms with E-state index in [2.05, 4.69) is 16.0 Å². The summed E-state index contributed by atoms with van der Waals surface area (Å²) in [6.45, 7) is 4.75. The largest absolute Gasteiger partial charge is 0.340 e. The molecule has 148 valence electrons. The fraction of sp³-hybridized carbons (Fsp3) is 0.250. The van der Waals surface area contributed by atoms with Crippen LogP contribution in [-0.4, -0.2) is 23.8 Å². The molecule has 1 atom stereocenters. The number of hydrogen-bond donors (Lipinski definition) is 3.